The Balaban J connectivity index is 1.67. The average molecular weight is 445 g/mol. The number of anilines is 1. The number of aryl methyl sites for hydroxylation is 1. The Morgan fingerprint density at radius 3 is 2.45 bits per heavy atom. The van der Waals surface area contributed by atoms with Crippen molar-refractivity contribution in [3.8, 4) is 0 Å². The summed E-state index contributed by atoms with van der Waals surface area (Å²) in [5, 5.41) is 3.54. The van der Waals surface area contributed by atoms with E-state index in [1.807, 2.05) is 42.1 Å². The third kappa shape index (κ3) is 3.36. The van der Waals surface area contributed by atoms with E-state index in [2.05, 4.69) is 5.32 Å². The Hall–Kier alpha value is -4.00. The van der Waals surface area contributed by atoms with Crippen LogP contribution in [0.4, 0.5) is 14.5 Å². The summed E-state index contributed by atoms with van der Waals surface area (Å²) in [6, 6.07) is 17.1. The predicted molar refractivity (Wildman–Crippen MR) is 122 cm³/mol. The summed E-state index contributed by atoms with van der Waals surface area (Å²) >= 11 is 0. The summed E-state index contributed by atoms with van der Waals surface area (Å²) in [6.45, 7) is 0. The highest BCUT2D eigenvalue weighted by atomic mass is 19.1. The van der Waals surface area contributed by atoms with E-state index in [9.17, 15) is 18.4 Å². The van der Waals surface area contributed by atoms with E-state index >= 15 is 0 Å². The molecule has 1 aliphatic rings. The molecule has 1 aliphatic heterocycles. The molecule has 0 bridgehead atoms. The van der Waals surface area contributed by atoms with Crippen molar-refractivity contribution in [3.63, 3.8) is 0 Å². The number of nitrogens with one attached hydrogen (secondary N) is 1. The largest absolute Gasteiger partial charge is 0.350 e. The number of hydrogen-bond donors (Lipinski definition) is 1. The molecule has 2 heterocycles. The van der Waals surface area contributed by atoms with Gasteiger partial charge in [-0.3, -0.25) is 9.59 Å². The molecule has 5 nitrogen and oxygen atoms in total. The van der Waals surface area contributed by atoms with Crippen LogP contribution in [0.15, 0.2) is 72.9 Å². The summed E-state index contributed by atoms with van der Waals surface area (Å²) in [7, 11) is 3.58. The minimum absolute atomic E-state index is 0.116. The minimum atomic E-state index is -0.862. The van der Waals surface area contributed by atoms with E-state index in [1.54, 1.807) is 36.2 Å². The van der Waals surface area contributed by atoms with Crippen LogP contribution in [0, 0.1) is 11.6 Å². The van der Waals surface area contributed by atoms with Gasteiger partial charge in [-0.1, -0.05) is 36.4 Å². The molecule has 1 N–H and O–H groups in total. The fraction of sp³-hybridized carbons (Fsp3) is 0.154. The molecule has 0 radical (unpaired) electrons. The molecule has 1 aromatic heterocycles. The molecule has 0 spiro atoms. The molecule has 0 saturated carbocycles. The van der Waals surface area contributed by atoms with Crippen molar-refractivity contribution in [3.05, 3.63) is 101 Å². The van der Waals surface area contributed by atoms with Gasteiger partial charge in [-0.2, -0.15) is 0 Å². The van der Waals surface area contributed by atoms with Gasteiger partial charge in [0, 0.05) is 48.4 Å². The highest BCUT2D eigenvalue weighted by Crippen LogP contribution is 2.44. The average Bonchev–Trinajstić information content (AvgIpc) is 3.14. The van der Waals surface area contributed by atoms with Crippen molar-refractivity contribution in [2.75, 3.05) is 12.4 Å². The smallest absolute Gasteiger partial charge is 0.254 e. The lowest BCUT2D eigenvalue weighted by Crippen LogP contribution is -2.44. The van der Waals surface area contributed by atoms with Gasteiger partial charge in [-0.05, 0) is 29.8 Å². The number of aromatic nitrogens is 1. The van der Waals surface area contributed by atoms with Crippen molar-refractivity contribution >= 4 is 28.4 Å². The first-order chi connectivity index (χ1) is 15.9. The van der Waals surface area contributed by atoms with Crippen molar-refractivity contribution in [2.24, 2.45) is 7.05 Å². The topological polar surface area (TPSA) is 54.3 Å². The van der Waals surface area contributed by atoms with Crippen molar-refractivity contribution in [2.45, 2.75) is 12.0 Å². The Labute approximate surface area is 189 Å². The number of fused-ring (bicyclic) bond motifs is 2. The molecule has 0 fully saturated rings. The molecule has 3 aromatic carbocycles. The second-order valence-electron chi connectivity index (χ2n) is 8.25. The Morgan fingerprint density at radius 2 is 1.67 bits per heavy atom. The maximum atomic E-state index is 14.3. The fourth-order valence-electron chi connectivity index (χ4n) is 4.76. The maximum Gasteiger partial charge on any atom is 0.254 e. The van der Waals surface area contributed by atoms with Gasteiger partial charge in [0.1, 0.15) is 11.6 Å². The number of para-hydroxylation sites is 1. The summed E-state index contributed by atoms with van der Waals surface area (Å²) < 4.78 is 29.6. The lowest BCUT2D eigenvalue weighted by molar-refractivity contribution is -0.119. The molecular formula is C26H21F2N3O2. The van der Waals surface area contributed by atoms with Crippen LogP contribution in [-0.4, -0.2) is 28.3 Å². The molecule has 2 amide bonds. The van der Waals surface area contributed by atoms with E-state index < -0.39 is 29.5 Å². The normalized spacial score (nSPS) is 17.8. The number of benzene rings is 3. The lowest BCUT2D eigenvalue weighted by atomic mass is 9.79. The van der Waals surface area contributed by atoms with E-state index in [4.69, 9.17) is 0 Å². The number of carbonyl (C=O) groups excluding carboxylic acids is 2. The first kappa shape index (κ1) is 20.9. The van der Waals surface area contributed by atoms with Crippen molar-refractivity contribution in [1.82, 2.24) is 9.47 Å². The van der Waals surface area contributed by atoms with E-state index in [-0.39, 0.29) is 11.6 Å². The van der Waals surface area contributed by atoms with Crippen LogP contribution in [0.5, 0.6) is 0 Å². The number of amides is 2. The van der Waals surface area contributed by atoms with Crippen LogP contribution in [0.1, 0.15) is 33.4 Å². The second-order valence-corrected chi connectivity index (χ2v) is 8.25. The zero-order valence-electron chi connectivity index (χ0n) is 18.0. The quantitative estimate of drug-likeness (QED) is 0.482. The number of rotatable bonds is 3. The molecule has 0 saturated heterocycles. The van der Waals surface area contributed by atoms with E-state index in [1.165, 1.54) is 6.07 Å². The number of likely N-dealkylation sites (N-methyl/N-ethyl adjacent to an activating group) is 1. The lowest BCUT2D eigenvalue weighted by Gasteiger charge is -2.39. The highest BCUT2D eigenvalue weighted by molar-refractivity contribution is 6.05. The Kier molecular flexibility index (Phi) is 4.96. The third-order valence-corrected chi connectivity index (χ3v) is 6.30. The zero-order chi connectivity index (χ0) is 23.3. The first-order valence-electron chi connectivity index (χ1n) is 10.5. The number of hydrogen-bond acceptors (Lipinski definition) is 2. The Bertz CT molecular complexity index is 1410. The van der Waals surface area contributed by atoms with Crippen LogP contribution in [0.25, 0.3) is 10.9 Å². The van der Waals surface area contributed by atoms with E-state index in [0.717, 1.165) is 28.6 Å². The minimum Gasteiger partial charge on any atom is -0.350 e. The molecule has 166 valence electrons. The maximum absolute atomic E-state index is 14.3. The molecular weight excluding hydrogens is 424 g/mol. The molecule has 33 heavy (non-hydrogen) atoms. The van der Waals surface area contributed by atoms with E-state index in [0.29, 0.717) is 11.1 Å². The van der Waals surface area contributed by atoms with Gasteiger partial charge in [0.25, 0.3) is 5.91 Å². The van der Waals surface area contributed by atoms with Crippen LogP contribution < -0.4 is 5.32 Å². The number of halogens is 2. The van der Waals surface area contributed by atoms with Crippen LogP contribution >= 0.6 is 0 Å². The molecule has 2 unspecified atom stereocenters. The van der Waals surface area contributed by atoms with Gasteiger partial charge < -0.3 is 14.8 Å². The molecule has 0 aliphatic carbocycles. The molecule has 5 rings (SSSR count). The van der Waals surface area contributed by atoms with Crippen molar-refractivity contribution < 1.29 is 18.4 Å². The predicted octanol–water partition coefficient (Wildman–Crippen LogP) is 5.01. The van der Waals surface area contributed by atoms with Crippen LogP contribution in [-0.2, 0) is 11.8 Å². The van der Waals surface area contributed by atoms with Gasteiger partial charge in [0.05, 0.1) is 17.6 Å². The van der Waals surface area contributed by atoms with Gasteiger partial charge in [-0.15, -0.1) is 0 Å². The third-order valence-electron chi connectivity index (χ3n) is 6.30. The van der Waals surface area contributed by atoms with Crippen molar-refractivity contribution in [1.29, 1.82) is 0 Å². The fourth-order valence-corrected chi connectivity index (χ4v) is 4.76. The second kappa shape index (κ2) is 7.85. The van der Waals surface area contributed by atoms with Crippen LogP contribution in [0.2, 0.25) is 0 Å². The molecule has 2 atom stereocenters. The van der Waals surface area contributed by atoms with Gasteiger partial charge in [0.2, 0.25) is 5.91 Å². The van der Waals surface area contributed by atoms with Gasteiger partial charge in [-0.25, -0.2) is 8.78 Å². The summed E-state index contributed by atoms with van der Waals surface area (Å²) in [5.74, 6) is -3.07. The monoisotopic (exact) mass is 445 g/mol. The highest BCUT2D eigenvalue weighted by Gasteiger charge is 2.43. The van der Waals surface area contributed by atoms with Gasteiger partial charge >= 0.3 is 0 Å². The first-order valence-corrected chi connectivity index (χ1v) is 10.5. The summed E-state index contributed by atoms with van der Waals surface area (Å²) in [5.41, 5.74) is 2.67. The standard InChI is InChI=1S/C26H21F2N3O2/c1-30-14-19(16-7-5-6-10-22(16)30)24-23(17-8-3-4-9-18(17)26(33)31(24)2)25(32)29-21-12-11-15(27)13-20(21)28/h3-14,23-24H,1-2H3,(H,29,32). The number of carbonyl (C=O) groups is 2. The summed E-state index contributed by atoms with van der Waals surface area (Å²) in [6.07, 6.45) is 1.92. The molecule has 4 aromatic rings. The Morgan fingerprint density at radius 1 is 0.939 bits per heavy atom. The SMILES string of the molecule is CN1C(=O)c2ccccc2C(C(=O)Nc2ccc(F)cc2F)C1c1cn(C)c2ccccc12. The summed E-state index contributed by atoms with van der Waals surface area (Å²) in [4.78, 5) is 28.4. The van der Waals surface area contributed by atoms with Gasteiger partial charge in [0.15, 0.2) is 0 Å². The molecule has 7 heteroatoms. The number of nitrogens with zero attached hydrogens (tertiary/aromatic N) is 2. The zero-order valence-corrected chi connectivity index (χ0v) is 18.0. The van der Waals surface area contributed by atoms with Crippen LogP contribution in [0.3, 0.4) is 0 Å².